The fraction of sp³-hybridized carbons (Fsp3) is 0.182. The van der Waals surface area contributed by atoms with E-state index < -0.39 is 21.9 Å². The second-order valence-corrected chi connectivity index (χ2v) is 9.96. The number of carbonyl (C=O) groups excluding carboxylic acids is 1. The van der Waals surface area contributed by atoms with Gasteiger partial charge in [0.1, 0.15) is 5.82 Å². The molecule has 1 aliphatic heterocycles. The van der Waals surface area contributed by atoms with Crippen LogP contribution in [-0.2, 0) is 10.0 Å². The minimum Gasteiger partial charge on any atom is -0.284 e. The van der Waals surface area contributed by atoms with Crippen LogP contribution in [0, 0.1) is 5.82 Å². The number of rotatable bonds is 6. The monoisotopic (exact) mass is 457 g/mol. The molecule has 1 aliphatic rings. The zero-order valence-corrected chi connectivity index (χ0v) is 18.3. The summed E-state index contributed by atoms with van der Waals surface area (Å²) in [5.41, 5.74) is 2.21. The van der Waals surface area contributed by atoms with E-state index in [-0.39, 0.29) is 11.7 Å². The summed E-state index contributed by atoms with van der Waals surface area (Å²) in [7, 11) is -3.37. The Labute approximate surface area is 184 Å². The van der Waals surface area contributed by atoms with Gasteiger partial charge in [0.15, 0.2) is 0 Å². The van der Waals surface area contributed by atoms with Crippen LogP contribution in [0.2, 0.25) is 0 Å². The van der Waals surface area contributed by atoms with Crippen molar-refractivity contribution < 1.29 is 17.6 Å². The molecule has 3 aromatic rings. The maximum atomic E-state index is 14.5. The van der Waals surface area contributed by atoms with Crippen molar-refractivity contribution in [3.8, 4) is 0 Å². The summed E-state index contributed by atoms with van der Waals surface area (Å²) in [5.74, 6) is -0.700. The lowest BCUT2D eigenvalue weighted by molar-refractivity contribution is 0.0713. The Kier molecular flexibility index (Phi) is 5.88. The first-order chi connectivity index (χ1) is 14.9. The predicted octanol–water partition coefficient (Wildman–Crippen LogP) is 4.64. The zero-order chi connectivity index (χ0) is 22.0. The van der Waals surface area contributed by atoms with Gasteiger partial charge in [0.05, 0.1) is 22.4 Å². The van der Waals surface area contributed by atoms with Crippen molar-refractivity contribution in [2.45, 2.75) is 19.4 Å². The van der Waals surface area contributed by atoms with Gasteiger partial charge in [-0.2, -0.15) is 5.10 Å². The van der Waals surface area contributed by atoms with E-state index in [4.69, 9.17) is 0 Å². The fourth-order valence-electron chi connectivity index (χ4n) is 3.36. The maximum absolute atomic E-state index is 14.5. The Bertz CT molecular complexity index is 1220. The van der Waals surface area contributed by atoms with Crippen LogP contribution in [0.4, 0.5) is 10.1 Å². The second kappa shape index (κ2) is 8.60. The van der Waals surface area contributed by atoms with E-state index in [0.29, 0.717) is 28.3 Å². The molecule has 31 heavy (non-hydrogen) atoms. The van der Waals surface area contributed by atoms with Gasteiger partial charge in [0.2, 0.25) is 10.0 Å². The predicted molar refractivity (Wildman–Crippen MR) is 120 cm³/mol. The number of nitrogens with zero attached hydrogens (tertiary/aromatic N) is 2. The Morgan fingerprint density at radius 2 is 1.90 bits per heavy atom. The SMILES string of the molecule is CCS(=O)(=O)Nc1ccc(C2=NN(C(=O)c3cccs3)C(c3ccccc3F)C2)cc1. The second-order valence-electron chi connectivity index (χ2n) is 7.00. The fourth-order valence-corrected chi connectivity index (χ4v) is 4.65. The van der Waals surface area contributed by atoms with Crippen LogP contribution in [-0.4, -0.2) is 30.8 Å². The molecule has 6 nitrogen and oxygen atoms in total. The standard InChI is InChI=1S/C22H20FN3O3S2/c1-2-31(28,29)25-16-11-9-15(10-12-16)19-14-20(17-6-3-4-7-18(17)23)26(24-19)22(27)21-8-5-13-30-21/h3-13,20,25H,2,14H2,1H3. The molecule has 0 saturated carbocycles. The van der Waals surface area contributed by atoms with Gasteiger partial charge in [-0.15, -0.1) is 11.3 Å². The van der Waals surface area contributed by atoms with E-state index in [1.54, 1.807) is 61.5 Å². The lowest BCUT2D eigenvalue weighted by atomic mass is 9.98. The molecule has 1 amide bonds. The highest BCUT2D eigenvalue weighted by molar-refractivity contribution is 7.92. The number of benzene rings is 2. The molecular weight excluding hydrogens is 437 g/mol. The third-order valence-corrected chi connectivity index (χ3v) is 7.15. The van der Waals surface area contributed by atoms with Crippen LogP contribution in [0.3, 0.4) is 0 Å². The van der Waals surface area contributed by atoms with E-state index in [1.165, 1.54) is 22.4 Å². The number of sulfonamides is 1. The highest BCUT2D eigenvalue weighted by atomic mass is 32.2. The number of hydrazone groups is 1. The first kappa shape index (κ1) is 21.2. The summed E-state index contributed by atoms with van der Waals surface area (Å²) >= 11 is 1.31. The topological polar surface area (TPSA) is 78.8 Å². The van der Waals surface area contributed by atoms with E-state index in [1.807, 2.05) is 5.38 Å². The Morgan fingerprint density at radius 1 is 1.16 bits per heavy atom. The number of carbonyl (C=O) groups is 1. The third kappa shape index (κ3) is 4.52. The summed E-state index contributed by atoms with van der Waals surface area (Å²) in [6, 6.07) is 16.1. The average Bonchev–Trinajstić information content (AvgIpc) is 3.45. The molecule has 1 atom stereocenters. The quantitative estimate of drug-likeness (QED) is 0.586. The molecule has 4 rings (SSSR count). The minimum absolute atomic E-state index is 0.0223. The normalized spacial score (nSPS) is 16.3. The lowest BCUT2D eigenvalue weighted by Gasteiger charge is -2.21. The van der Waals surface area contributed by atoms with E-state index in [0.717, 1.165) is 5.56 Å². The molecule has 0 aliphatic carbocycles. The summed E-state index contributed by atoms with van der Waals surface area (Å²) in [4.78, 5) is 13.6. The highest BCUT2D eigenvalue weighted by Gasteiger charge is 2.35. The minimum atomic E-state index is -3.37. The molecule has 1 N–H and O–H groups in total. The van der Waals surface area contributed by atoms with Crippen molar-refractivity contribution in [2.24, 2.45) is 5.10 Å². The summed E-state index contributed by atoms with van der Waals surface area (Å²) in [6.07, 6.45) is 0.345. The van der Waals surface area contributed by atoms with Gasteiger partial charge in [0, 0.05) is 17.7 Å². The summed E-state index contributed by atoms with van der Waals surface area (Å²) < 4.78 is 40.6. The molecule has 160 valence electrons. The van der Waals surface area contributed by atoms with Gasteiger partial charge in [-0.25, -0.2) is 17.8 Å². The largest absolute Gasteiger partial charge is 0.284 e. The van der Waals surface area contributed by atoms with Gasteiger partial charge < -0.3 is 0 Å². The molecule has 2 heterocycles. The number of amides is 1. The summed E-state index contributed by atoms with van der Waals surface area (Å²) in [5, 5.41) is 7.68. The Hall–Kier alpha value is -3.04. The number of halogens is 1. The molecule has 0 fully saturated rings. The molecular formula is C22H20FN3O3S2. The molecule has 0 radical (unpaired) electrons. The van der Waals surface area contributed by atoms with Crippen molar-refractivity contribution in [1.82, 2.24) is 5.01 Å². The molecule has 1 unspecified atom stereocenters. The molecule has 1 aromatic heterocycles. The van der Waals surface area contributed by atoms with Gasteiger partial charge in [0.25, 0.3) is 5.91 Å². The summed E-state index contributed by atoms with van der Waals surface area (Å²) in [6.45, 7) is 1.56. The van der Waals surface area contributed by atoms with Crippen molar-refractivity contribution >= 4 is 38.7 Å². The lowest BCUT2D eigenvalue weighted by Crippen LogP contribution is -2.27. The van der Waals surface area contributed by atoms with Crippen LogP contribution in [0.15, 0.2) is 71.1 Å². The third-order valence-electron chi connectivity index (χ3n) is 4.99. The van der Waals surface area contributed by atoms with E-state index in [9.17, 15) is 17.6 Å². The number of anilines is 1. The zero-order valence-electron chi connectivity index (χ0n) is 16.7. The maximum Gasteiger partial charge on any atom is 0.284 e. The first-order valence-electron chi connectivity index (χ1n) is 9.68. The van der Waals surface area contributed by atoms with E-state index in [2.05, 4.69) is 9.82 Å². The Balaban J connectivity index is 1.66. The van der Waals surface area contributed by atoms with Crippen LogP contribution < -0.4 is 4.72 Å². The average molecular weight is 458 g/mol. The van der Waals surface area contributed by atoms with Crippen LogP contribution in [0.1, 0.15) is 40.2 Å². The number of nitrogens with one attached hydrogen (secondary N) is 1. The first-order valence-corrected chi connectivity index (χ1v) is 12.2. The van der Waals surface area contributed by atoms with Gasteiger partial charge in [-0.05, 0) is 42.1 Å². The molecule has 9 heteroatoms. The number of hydrogen-bond acceptors (Lipinski definition) is 5. The number of thiophene rings is 1. The van der Waals surface area contributed by atoms with Crippen molar-refractivity contribution in [3.05, 3.63) is 87.9 Å². The van der Waals surface area contributed by atoms with Crippen LogP contribution in [0.5, 0.6) is 0 Å². The Morgan fingerprint density at radius 3 is 2.55 bits per heavy atom. The molecule has 0 bridgehead atoms. The van der Waals surface area contributed by atoms with E-state index >= 15 is 0 Å². The van der Waals surface area contributed by atoms with Crippen molar-refractivity contribution in [1.29, 1.82) is 0 Å². The highest BCUT2D eigenvalue weighted by Crippen LogP contribution is 2.35. The van der Waals surface area contributed by atoms with Gasteiger partial charge in [-0.1, -0.05) is 36.4 Å². The molecule has 0 saturated heterocycles. The van der Waals surface area contributed by atoms with Crippen molar-refractivity contribution in [2.75, 3.05) is 10.5 Å². The molecule has 0 spiro atoms. The van der Waals surface area contributed by atoms with Crippen LogP contribution >= 0.6 is 11.3 Å². The number of hydrogen-bond donors (Lipinski definition) is 1. The van der Waals surface area contributed by atoms with Gasteiger partial charge in [-0.3, -0.25) is 9.52 Å². The molecule has 2 aromatic carbocycles. The van der Waals surface area contributed by atoms with Gasteiger partial charge >= 0.3 is 0 Å². The smallest absolute Gasteiger partial charge is 0.284 e. The van der Waals surface area contributed by atoms with Crippen molar-refractivity contribution in [3.63, 3.8) is 0 Å². The van der Waals surface area contributed by atoms with Crippen LogP contribution in [0.25, 0.3) is 0 Å².